The smallest absolute Gasteiger partial charge is 0.415 e. The quantitative estimate of drug-likeness (QED) is 0.154. The highest BCUT2D eigenvalue weighted by Gasteiger charge is 2.68. The van der Waals surface area contributed by atoms with E-state index in [-0.39, 0.29) is 25.1 Å². The van der Waals surface area contributed by atoms with Crippen molar-refractivity contribution in [2.75, 3.05) is 13.1 Å². The van der Waals surface area contributed by atoms with E-state index in [2.05, 4.69) is 4.74 Å². The Kier molecular flexibility index (Phi) is 13.7. The second kappa shape index (κ2) is 13.3. The van der Waals surface area contributed by atoms with Crippen LogP contribution in [-0.2, 0) is 13.6 Å². The van der Waals surface area contributed by atoms with Gasteiger partial charge in [0.2, 0.25) is 0 Å². The van der Waals surface area contributed by atoms with Crippen LogP contribution in [0, 0.1) is 0 Å². The summed E-state index contributed by atoms with van der Waals surface area (Å²) in [5.41, 5.74) is 5.30. The molecule has 1 amide bonds. The van der Waals surface area contributed by atoms with E-state index in [4.69, 9.17) is 19.0 Å². The molecule has 0 aromatic heterocycles. The van der Waals surface area contributed by atoms with Crippen molar-refractivity contribution in [3.63, 3.8) is 0 Å². The Labute approximate surface area is 188 Å². The second-order valence-electron chi connectivity index (χ2n) is 7.33. The van der Waals surface area contributed by atoms with Gasteiger partial charge in [0, 0.05) is 15.7 Å². The highest BCUT2D eigenvalue weighted by molar-refractivity contribution is 6.78. The maximum Gasteiger partial charge on any atom is 0.458 e. The largest absolute Gasteiger partial charge is 0.458 e. The summed E-state index contributed by atoms with van der Waals surface area (Å²) in [6.45, 7) is 2.05. The van der Waals surface area contributed by atoms with Gasteiger partial charge in [0.05, 0.1) is 0 Å². The predicted octanol–water partition coefficient (Wildman–Crippen LogP) is 3.62. The first-order valence-corrected chi connectivity index (χ1v) is 14.4. The van der Waals surface area contributed by atoms with E-state index in [9.17, 15) is 53.9 Å². The zero-order chi connectivity index (χ0) is 27.6. The van der Waals surface area contributed by atoms with Crippen LogP contribution in [0.25, 0.3) is 0 Å². The Morgan fingerprint density at radius 1 is 0.912 bits per heavy atom. The van der Waals surface area contributed by atoms with Gasteiger partial charge >= 0.3 is 41.4 Å². The summed E-state index contributed by atoms with van der Waals surface area (Å²) in [5, 5.41) is 1.30. The number of alkyl halides is 9. The molecule has 206 valence electrons. The van der Waals surface area contributed by atoms with Gasteiger partial charge in [0.15, 0.2) is 0 Å². The maximum absolute atomic E-state index is 14.1. The molecule has 0 rings (SSSR count). The predicted molar refractivity (Wildman–Crippen MR) is 98.5 cm³/mol. The third kappa shape index (κ3) is 13.7. The Balaban J connectivity index is 0. The molecule has 3 unspecified atom stereocenters. The van der Waals surface area contributed by atoms with Crippen molar-refractivity contribution >= 4 is 23.0 Å². The van der Waals surface area contributed by atoms with E-state index in [1.807, 2.05) is 0 Å². The first-order valence-electron chi connectivity index (χ1n) is 9.24. The molecule has 0 spiro atoms. The molecule has 0 aromatic rings. The number of nitrogens with one attached hydrogen (secondary N) is 1. The van der Waals surface area contributed by atoms with Gasteiger partial charge in [0.1, 0.15) is 6.42 Å². The minimum Gasteiger partial charge on any atom is -0.415 e. The van der Waals surface area contributed by atoms with E-state index < -0.39 is 60.3 Å². The number of carbonyl (C=O) groups excluding carboxylic acids is 1. The van der Waals surface area contributed by atoms with Crippen LogP contribution in [0.4, 0.5) is 48.7 Å². The third-order valence-corrected chi connectivity index (χ3v) is 9.82. The summed E-state index contributed by atoms with van der Waals surface area (Å²) in [4.78, 5) is 31.9. The fourth-order valence-corrected chi connectivity index (χ4v) is 8.74. The lowest BCUT2D eigenvalue weighted by Crippen LogP contribution is -2.58. The molecule has 0 radical (unpaired) electrons. The van der Waals surface area contributed by atoms with Crippen molar-refractivity contribution in [3.8, 4) is 0 Å². The molecule has 0 aliphatic rings. The Morgan fingerprint density at radius 3 is 1.74 bits per heavy atom. The molecule has 0 aliphatic carbocycles. The lowest BCUT2D eigenvalue weighted by atomic mass is 10.2. The molecule has 34 heavy (non-hydrogen) atoms. The lowest BCUT2D eigenvalue weighted by molar-refractivity contribution is -0.406. The average molecular weight is 567 g/mol. The van der Waals surface area contributed by atoms with Crippen molar-refractivity contribution in [2.24, 2.45) is 5.73 Å². The molecule has 0 fully saturated rings. The van der Waals surface area contributed by atoms with Gasteiger partial charge in [-0.05, 0) is 44.6 Å². The summed E-state index contributed by atoms with van der Waals surface area (Å²) in [5.74, 6) is -8.56. The Morgan fingerprint density at radius 2 is 1.35 bits per heavy atom. The van der Waals surface area contributed by atoms with Gasteiger partial charge < -0.3 is 24.8 Å². The summed E-state index contributed by atoms with van der Waals surface area (Å²) in [7, 11) is -6.88. The van der Waals surface area contributed by atoms with Crippen LogP contribution in [0.5, 0.6) is 0 Å². The fraction of sp³-hybridized carbons (Fsp3) is 0.929. The molecular formula is C14H25F11N2O5Si2. The van der Waals surface area contributed by atoms with Crippen LogP contribution in [0.1, 0.15) is 19.3 Å². The molecule has 0 aliphatic heterocycles. The van der Waals surface area contributed by atoms with Crippen LogP contribution in [0.2, 0.25) is 25.2 Å². The van der Waals surface area contributed by atoms with Gasteiger partial charge in [-0.25, -0.2) is 0 Å². The standard InChI is InChI=1S/C14H25F9N2O5Si2.F2/c1-31(27,7-3-5-24)30-32(2,28)8-4-6-25-10(26)13(20,14(21,22)23)29-12(18,19)9-11(15,16)17;1-2/h27-28H,3-9,24H2,1-2H3,(H,25,26);. The summed E-state index contributed by atoms with van der Waals surface area (Å²) >= 11 is 0. The lowest BCUT2D eigenvalue weighted by Gasteiger charge is -2.31. The Bertz CT molecular complexity index is 624. The van der Waals surface area contributed by atoms with Crippen molar-refractivity contribution < 1.29 is 71.9 Å². The number of ether oxygens (including phenoxy) is 1. The van der Waals surface area contributed by atoms with Gasteiger partial charge in [-0.15, -0.1) is 0 Å². The average Bonchev–Trinajstić information content (AvgIpc) is 2.60. The van der Waals surface area contributed by atoms with Crippen LogP contribution in [0.15, 0.2) is 0 Å². The molecule has 0 bridgehead atoms. The minimum atomic E-state index is -6.43. The van der Waals surface area contributed by atoms with Crippen LogP contribution in [0.3, 0.4) is 0 Å². The first kappa shape index (κ1) is 35.1. The summed E-state index contributed by atoms with van der Waals surface area (Å²) < 4.78 is 139. The van der Waals surface area contributed by atoms with Crippen LogP contribution >= 0.6 is 0 Å². The molecule has 7 nitrogen and oxygen atoms in total. The van der Waals surface area contributed by atoms with E-state index in [0.29, 0.717) is 6.42 Å². The highest BCUT2D eigenvalue weighted by atomic mass is 28.5. The highest BCUT2D eigenvalue weighted by Crippen LogP contribution is 2.43. The van der Waals surface area contributed by atoms with Gasteiger partial charge in [0.25, 0.3) is 5.91 Å². The molecular weight excluding hydrogens is 541 g/mol. The summed E-state index contributed by atoms with van der Waals surface area (Å²) in [6, 6.07) is -0.0851. The topological polar surface area (TPSA) is 114 Å². The molecule has 0 aromatic carbocycles. The normalized spacial score (nSPS) is 18.1. The maximum atomic E-state index is 14.1. The first-order chi connectivity index (χ1) is 15.1. The minimum absolute atomic E-state index is 0.183. The number of hydrogen-bond donors (Lipinski definition) is 4. The van der Waals surface area contributed by atoms with E-state index in [1.165, 1.54) is 18.4 Å². The van der Waals surface area contributed by atoms with Crippen molar-refractivity contribution in [1.82, 2.24) is 5.32 Å². The second-order valence-corrected chi connectivity index (χ2v) is 13.8. The monoisotopic (exact) mass is 566 g/mol. The van der Waals surface area contributed by atoms with Crippen molar-refractivity contribution in [1.29, 1.82) is 0 Å². The van der Waals surface area contributed by atoms with Crippen LogP contribution < -0.4 is 11.1 Å². The van der Waals surface area contributed by atoms with Crippen molar-refractivity contribution in [2.45, 2.75) is 68.8 Å². The summed E-state index contributed by atoms with van der Waals surface area (Å²) in [6.07, 6.45) is -21.0. The van der Waals surface area contributed by atoms with Crippen LogP contribution in [-0.4, -0.2) is 70.0 Å². The third-order valence-electron chi connectivity index (χ3n) is 3.74. The number of hydrogen-bond acceptors (Lipinski definition) is 6. The fourth-order valence-electron chi connectivity index (χ4n) is 2.45. The van der Waals surface area contributed by atoms with Crippen molar-refractivity contribution in [3.05, 3.63) is 0 Å². The van der Waals surface area contributed by atoms with Gasteiger partial charge in [-0.2, -0.15) is 39.5 Å². The molecule has 5 N–H and O–H groups in total. The Hall–Kier alpha value is -1.07. The zero-order valence-corrected chi connectivity index (χ0v) is 19.8. The molecule has 0 saturated heterocycles. The number of amides is 1. The SMILES string of the molecule is C[Si](O)(CCCN)O[Si](C)(O)CCCNC(=O)C(F)(OC(F)(F)CC(F)(F)F)C(F)(F)F.FF. The number of carbonyl (C=O) groups is 1. The zero-order valence-electron chi connectivity index (χ0n) is 17.8. The van der Waals surface area contributed by atoms with E-state index >= 15 is 0 Å². The number of rotatable bonds is 13. The molecule has 3 atom stereocenters. The molecule has 20 heteroatoms. The molecule has 0 heterocycles. The van der Waals surface area contributed by atoms with Gasteiger partial charge in [-0.1, -0.05) is 0 Å². The van der Waals surface area contributed by atoms with E-state index in [0.717, 1.165) is 0 Å². The number of nitrogens with two attached hydrogens (primary N) is 1. The molecule has 0 saturated carbocycles. The van der Waals surface area contributed by atoms with E-state index in [1.54, 1.807) is 0 Å². The van der Waals surface area contributed by atoms with Gasteiger partial charge in [-0.3, -0.25) is 9.53 Å². The number of halogens is 11.